The molecule has 0 radical (unpaired) electrons. The van der Waals surface area contributed by atoms with Gasteiger partial charge in [-0.2, -0.15) is 0 Å². The predicted molar refractivity (Wildman–Crippen MR) is 133 cm³/mol. The highest BCUT2D eigenvalue weighted by atomic mass is 35.5. The second-order valence-electron chi connectivity index (χ2n) is 9.47. The molecule has 1 heterocycles. The number of benzene rings is 2. The summed E-state index contributed by atoms with van der Waals surface area (Å²) in [5.74, 6) is -3.07. The van der Waals surface area contributed by atoms with Gasteiger partial charge in [0.1, 0.15) is 0 Å². The Bertz CT molecular complexity index is 1610. The van der Waals surface area contributed by atoms with Crippen LogP contribution >= 0.6 is 11.6 Å². The van der Waals surface area contributed by atoms with E-state index in [1.165, 1.54) is 41.1 Å². The van der Waals surface area contributed by atoms with Crippen LogP contribution in [0, 0.1) is 23.5 Å². The number of aromatic amines is 1. The smallest absolute Gasteiger partial charge is 0.322 e. The molecule has 2 bridgehead atoms. The van der Waals surface area contributed by atoms with E-state index in [4.69, 9.17) is 11.6 Å². The summed E-state index contributed by atoms with van der Waals surface area (Å²) in [6, 6.07) is 7.80. The van der Waals surface area contributed by atoms with Crippen LogP contribution in [-0.4, -0.2) is 29.1 Å². The molecule has 12 heteroatoms. The summed E-state index contributed by atoms with van der Waals surface area (Å²) in [6.45, 7) is 0. The number of rotatable bonds is 5. The Morgan fingerprint density at radius 3 is 2.35 bits per heavy atom. The van der Waals surface area contributed by atoms with Gasteiger partial charge in [0, 0.05) is 35.6 Å². The average Bonchev–Trinajstić information content (AvgIpc) is 3.09. The van der Waals surface area contributed by atoms with E-state index in [1.54, 1.807) is 0 Å². The van der Waals surface area contributed by atoms with Crippen molar-refractivity contribution >= 4 is 33.0 Å². The van der Waals surface area contributed by atoms with Crippen molar-refractivity contribution in [2.45, 2.75) is 41.9 Å². The predicted octanol–water partition coefficient (Wildman–Crippen LogP) is 3.92. The van der Waals surface area contributed by atoms with E-state index in [-0.39, 0.29) is 39.0 Å². The topological polar surface area (TPSA) is 118 Å². The Labute approximate surface area is 215 Å². The lowest BCUT2D eigenvalue weighted by atomic mass is 9.83. The first-order chi connectivity index (χ1) is 17.5. The number of hydrogen-bond acceptors (Lipinski definition) is 5. The number of carbonyl (C=O) groups excluding carboxylic acids is 1. The molecule has 2 aliphatic carbocycles. The quantitative estimate of drug-likeness (QED) is 0.500. The summed E-state index contributed by atoms with van der Waals surface area (Å²) in [5, 5.41) is 1.63. The van der Waals surface area contributed by atoms with E-state index < -0.39 is 43.9 Å². The van der Waals surface area contributed by atoms with Crippen LogP contribution in [0.25, 0.3) is 0 Å². The molecule has 8 nitrogen and oxygen atoms in total. The first-order valence-corrected chi connectivity index (χ1v) is 13.6. The number of halogens is 3. The summed E-state index contributed by atoms with van der Waals surface area (Å²) < 4.78 is 55.5. The molecule has 2 fully saturated rings. The molecular weight excluding hydrogens is 528 g/mol. The normalized spacial score (nSPS) is 23.1. The van der Waals surface area contributed by atoms with Gasteiger partial charge in [0.15, 0.2) is 21.5 Å². The molecule has 3 aromatic rings. The molecule has 194 valence electrons. The van der Waals surface area contributed by atoms with Crippen molar-refractivity contribution in [1.29, 1.82) is 0 Å². The summed E-state index contributed by atoms with van der Waals surface area (Å²) in [6.07, 6.45) is 3.56. The van der Waals surface area contributed by atoms with Crippen LogP contribution in [0.5, 0.6) is 0 Å². The summed E-state index contributed by atoms with van der Waals surface area (Å²) >= 11 is 6.27. The number of amides is 1. The van der Waals surface area contributed by atoms with E-state index in [0.29, 0.717) is 12.8 Å². The number of anilines is 1. The highest BCUT2D eigenvalue weighted by Crippen LogP contribution is 2.51. The van der Waals surface area contributed by atoms with Crippen molar-refractivity contribution in [3.8, 4) is 0 Å². The highest BCUT2D eigenvalue weighted by Gasteiger charge is 2.48. The van der Waals surface area contributed by atoms with E-state index in [1.807, 2.05) is 0 Å². The highest BCUT2D eigenvalue weighted by molar-refractivity contribution is 7.92. The molecule has 2 saturated carbocycles. The maximum Gasteiger partial charge on any atom is 0.328 e. The summed E-state index contributed by atoms with van der Waals surface area (Å²) in [7, 11) is -3.95. The fourth-order valence-electron chi connectivity index (χ4n) is 5.63. The first kappa shape index (κ1) is 25.3. The minimum absolute atomic E-state index is 0.00986. The zero-order chi connectivity index (χ0) is 26.5. The molecule has 0 spiro atoms. The third-order valence-electron chi connectivity index (χ3n) is 7.29. The number of nitrogens with one attached hydrogen (secondary N) is 2. The standard InChI is InChI=1S/C25H22ClF2N3O5S/c26-18-5-3-15(24(33)29-16-4-6-19(27)20(28)12-16)11-21(18)37(35,36)17-9-13-1-2-14(10-17)23(13)31-8-7-22(32)30-25(31)34/h3-8,11-14,17,23H,1-2,9-10H2,(H,29,33)(H,30,32,34)/t13-,14+,17-,23+. The SMILES string of the molecule is O=C(Nc1ccc(F)c(F)c1)c1ccc(Cl)c(S(=O)(=O)[C@@H]2C[C@H]3CC[C@@H](C2)[C@H]3n2ccc(=O)[nH]c2=O)c1. The fraction of sp³-hybridized carbons (Fsp3) is 0.320. The molecule has 5 rings (SSSR count). The fourth-order valence-corrected chi connectivity index (χ4v) is 8.06. The van der Waals surface area contributed by atoms with Crippen molar-refractivity contribution < 1.29 is 22.0 Å². The summed E-state index contributed by atoms with van der Waals surface area (Å²) in [4.78, 5) is 38.6. The van der Waals surface area contributed by atoms with Crippen LogP contribution in [0.3, 0.4) is 0 Å². The molecule has 0 aliphatic heterocycles. The van der Waals surface area contributed by atoms with Gasteiger partial charge in [0.25, 0.3) is 11.5 Å². The van der Waals surface area contributed by atoms with Crippen LogP contribution in [-0.2, 0) is 9.84 Å². The van der Waals surface area contributed by atoms with Gasteiger partial charge in [-0.15, -0.1) is 0 Å². The number of H-pyrrole nitrogens is 1. The van der Waals surface area contributed by atoms with Crippen molar-refractivity contribution in [2.24, 2.45) is 11.8 Å². The average molecular weight is 550 g/mol. The number of sulfone groups is 1. The molecule has 0 unspecified atom stereocenters. The van der Waals surface area contributed by atoms with E-state index >= 15 is 0 Å². The first-order valence-electron chi connectivity index (χ1n) is 11.7. The lowest BCUT2D eigenvalue weighted by Crippen LogP contribution is -2.41. The van der Waals surface area contributed by atoms with Gasteiger partial charge in [-0.05, 0) is 67.9 Å². The van der Waals surface area contributed by atoms with Crippen LogP contribution in [0.15, 0.2) is 63.1 Å². The minimum Gasteiger partial charge on any atom is -0.322 e. The Hall–Kier alpha value is -3.31. The van der Waals surface area contributed by atoms with Crippen LogP contribution in [0.1, 0.15) is 42.1 Å². The van der Waals surface area contributed by atoms with Gasteiger partial charge in [0.05, 0.1) is 15.2 Å². The van der Waals surface area contributed by atoms with Gasteiger partial charge in [-0.3, -0.25) is 19.1 Å². The molecule has 2 aromatic carbocycles. The zero-order valence-electron chi connectivity index (χ0n) is 19.3. The monoisotopic (exact) mass is 549 g/mol. The van der Waals surface area contributed by atoms with Crippen LogP contribution < -0.4 is 16.6 Å². The second-order valence-corrected chi connectivity index (χ2v) is 12.1. The van der Waals surface area contributed by atoms with Gasteiger partial charge in [-0.25, -0.2) is 22.0 Å². The van der Waals surface area contributed by atoms with Crippen molar-refractivity contribution in [3.63, 3.8) is 0 Å². The maximum atomic E-state index is 13.7. The van der Waals surface area contributed by atoms with Gasteiger partial charge in [-0.1, -0.05) is 11.6 Å². The van der Waals surface area contributed by atoms with Gasteiger partial charge in [0.2, 0.25) is 0 Å². The van der Waals surface area contributed by atoms with Crippen molar-refractivity contribution in [2.75, 3.05) is 5.32 Å². The molecule has 0 saturated heterocycles. The van der Waals surface area contributed by atoms with E-state index in [2.05, 4.69) is 10.3 Å². The van der Waals surface area contributed by atoms with Gasteiger partial charge >= 0.3 is 5.69 Å². The Balaban J connectivity index is 1.39. The second kappa shape index (κ2) is 9.53. The largest absolute Gasteiger partial charge is 0.328 e. The lowest BCUT2D eigenvalue weighted by Gasteiger charge is -2.36. The number of fused-ring (bicyclic) bond motifs is 2. The lowest BCUT2D eigenvalue weighted by molar-refractivity contribution is 0.102. The molecule has 2 N–H and O–H groups in total. The zero-order valence-corrected chi connectivity index (χ0v) is 20.9. The third-order valence-corrected chi connectivity index (χ3v) is 9.95. The Morgan fingerprint density at radius 1 is 1.00 bits per heavy atom. The van der Waals surface area contributed by atoms with Crippen LogP contribution in [0.2, 0.25) is 5.02 Å². The van der Waals surface area contributed by atoms with E-state index in [0.717, 1.165) is 25.0 Å². The molecule has 4 atom stereocenters. The Morgan fingerprint density at radius 2 is 1.70 bits per heavy atom. The third kappa shape index (κ3) is 4.73. The number of nitrogens with zero attached hydrogens (tertiary/aromatic N) is 1. The minimum atomic E-state index is -3.95. The van der Waals surface area contributed by atoms with Crippen molar-refractivity contribution in [1.82, 2.24) is 9.55 Å². The Kier molecular flexibility index (Phi) is 6.53. The number of hydrogen-bond donors (Lipinski definition) is 2. The molecule has 2 aliphatic rings. The summed E-state index contributed by atoms with van der Waals surface area (Å²) in [5.41, 5.74) is -1.01. The maximum absolute atomic E-state index is 13.7. The molecule has 1 amide bonds. The number of aromatic nitrogens is 2. The molecule has 1 aromatic heterocycles. The van der Waals surface area contributed by atoms with E-state index in [9.17, 15) is 31.6 Å². The molecule has 37 heavy (non-hydrogen) atoms. The van der Waals surface area contributed by atoms with Crippen LogP contribution in [0.4, 0.5) is 14.5 Å². The molecular formula is C25H22ClF2N3O5S. The number of carbonyl (C=O) groups is 1. The van der Waals surface area contributed by atoms with Crippen molar-refractivity contribution in [3.05, 3.63) is 91.7 Å². The van der Waals surface area contributed by atoms with Gasteiger partial charge < -0.3 is 5.32 Å².